The average Bonchev–Trinajstić information content (AvgIpc) is 3.29. The molecule has 0 saturated carbocycles. The van der Waals surface area contributed by atoms with Gasteiger partial charge in [0, 0.05) is 31.6 Å². The van der Waals surface area contributed by atoms with E-state index < -0.39 is 0 Å². The maximum atomic E-state index is 12.5. The number of nitrogens with one attached hydrogen (secondary N) is 2. The van der Waals surface area contributed by atoms with Crippen LogP contribution < -0.4 is 10.6 Å². The molecule has 162 valence electrons. The van der Waals surface area contributed by atoms with E-state index in [1.807, 2.05) is 50.2 Å². The molecule has 0 unspecified atom stereocenters. The molecule has 0 fully saturated rings. The summed E-state index contributed by atoms with van der Waals surface area (Å²) in [6.07, 6.45) is 1.65. The van der Waals surface area contributed by atoms with E-state index in [-0.39, 0.29) is 17.5 Å². The SMILES string of the molecule is COC[C@@H](C)n1c(C)cc(/C=C(\C#N)C(=O)NCCNc2nc3ccccc3s2)c1C. The Labute approximate surface area is 186 Å². The van der Waals surface area contributed by atoms with Gasteiger partial charge in [-0.25, -0.2) is 4.98 Å². The zero-order valence-electron chi connectivity index (χ0n) is 18.2. The predicted octanol–water partition coefficient (Wildman–Crippen LogP) is 4.06. The van der Waals surface area contributed by atoms with E-state index in [0.717, 1.165) is 32.3 Å². The number of hydrogen-bond acceptors (Lipinski definition) is 6. The number of rotatable bonds is 9. The van der Waals surface area contributed by atoms with Gasteiger partial charge in [-0.15, -0.1) is 0 Å². The first-order valence-corrected chi connectivity index (χ1v) is 10.9. The first-order chi connectivity index (χ1) is 14.9. The van der Waals surface area contributed by atoms with Crippen molar-refractivity contribution in [3.8, 4) is 6.07 Å². The Morgan fingerprint density at radius 1 is 1.35 bits per heavy atom. The molecule has 3 aromatic rings. The second kappa shape index (κ2) is 10.2. The number of ether oxygens (including phenoxy) is 1. The number of methoxy groups -OCH3 is 1. The quantitative estimate of drug-likeness (QED) is 0.299. The largest absolute Gasteiger partial charge is 0.383 e. The van der Waals surface area contributed by atoms with Gasteiger partial charge in [0.2, 0.25) is 0 Å². The lowest BCUT2D eigenvalue weighted by Crippen LogP contribution is -2.29. The number of fused-ring (bicyclic) bond motifs is 1. The Kier molecular flexibility index (Phi) is 7.45. The van der Waals surface area contributed by atoms with Gasteiger partial charge in [0.05, 0.1) is 22.9 Å². The summed E-state index contributed by atoms with van der Waals surface area (Å²) in [5, 5.41) is 16.3. The molecule has 1 atom stereocenters. The molecular weight excluding hydrogens is 410 g/mol. The Hall–Kier alpha value is -3.15. The number of para-hydroxylation sites is 1. The predicted molar refractivity (Wildman–Crippen MR) is 125 cm³/mol. The van der Waals surface area contributed by atoms with Crippen LogP contribution in [0.1, 0.15) is 29.9 Å². The lowest BCUT2D eigenvalue weighted by atomic mass is 10.1. The Morgan fingerprint density at radius 3 is 2.84 bits per heavy atom. The summed E-state index contributed by atoms with van der Waals surface area (Å²) >= 11 is 1.57. The van der Waals surface area contributed by atoms with E-state index >= 15 is 0 Å². The first kappa shape index (κ1) is 22.5. The fourth-order valence-electron chi connectivity index (χ4n) is 3.64. The second-order valence-electron chi connectivity index (χ2n) is 7.34. The van der Waals surface area contributed by atoms with Crippen molar-refractivity contribution in [3.63, 3.8) is 0 Å². The van der Waals surface area contributed by atoms with Crippen LogP contribution in [0.25, 0.3) is 16.3 Å². The van der Waals surface area contributed by atoms with Gasteiger partial charge in [-0.2, -0.15) is 5.26 Å². The van der Waals surface area contributed by atoms with E-state index in [1.165, 1.54) is 0 Å². The molecule has 0 bridgehead atoms. The minimum Gasteiger partial charge on any atom is -0.383 e. The first-order valence-electron chi connectivity index (χ1n) is 10.1. The fourth-order valence-corrected chi connectivity index (χ4v) is 4.53. The highest BCUT2D eigenvalue weighted by Gasteiger charge is 2.15. The van der Waals surface area contributed by atoms with Crippen LogP contribution in [0, 0.1) is 25.2 Å². The van der Waals surface area contributed by atoms with Crippen LogP contribution in [0.2, 0.25) is 0 Å². The van der Waals surface area contributed by atoms with E-state index in [9.17, 15) is 10.1 Å². The minimum atomic E-state index is -0.386. The van der Waals surface area contributed by atoms with Crippen LogP contribution in [-0.4, -0.2) is 42.3 Å². The number of anilines is 1. The summed E-state index contributed by atoms with van der Waals surface area (Å²) in [5.41, 5.74) is 3.96. The summed E-state index contributed by atoms with van der Waals surface area (Å²) in [6, 6.07) is 12.1. The molecule has 31 heavy (non-hydrogen) atoms. The lowest BCUT2D eigenvalue weighted by molar-refractivity contribution is -0.116. The number of nitriles is 1. The molecule has 0 aliphatic carbocycles. The van der Waals surface area contributed by atoms with E-state index in [0.29, 0.717) is 19.7 Å². The second-order valence-corrected chi connectivity index (χ2v) is 8.37. The van der Waals surface area contributed by atoms with Gasteiger partial charge in [0.15, 0.2) is 5.13 Å². The maximum Gasteiger partial charge on any atom is 0.262 e. The fraction of sp³-hybridized carbons (Fsp3) is 0.348. The van der Waals surface area contributed by atoms with Gasteiger partial charge in [-0.1, -0.05) is 23.5 Å². The van der Waals surface area contributed by atoms with Crippen molar-refractivity contribution in [2.24, 2.45) is 0 Å². The number of carbonyl (C=O) groups excluding carboxylic acids is 1. The smallest absolute Gasteiger partial charge is 0.262 e. The van der Waals surface area contributed by atoms with Crippen LogP contribution in [0.15, 0.2) is 35.9 Å². The summed E-state index contributed by atoms with van der Waals surface area (Å²) < 4.78 is 8.53. The topological polar surface area (TPSA) is 92.0 Å². The summed E-state index contributed by atoms with van der Waals surface area (Å²) in [4.78, 5) is 17.0. The molecule has 0 aliphatic heterocycles. The third-order valence-electron chi connectivity index (χ3n) is 5.02. The number of carbonyl (C=O) groups is 1. The van der Waals surface area contributed by atoms with Crippen molar-refractivity contribution >= 4 is 38.7 Å². The normalized spacial score (nSPS) is 12.5. The lowest BCUT2D eigenvalue weighted by Gasteiger charge is -2.17. The zero-order valence-corrected chi connectivity index (χ0v) is 19.0. The molecule has 0 spiro atoms. The van der Waals surface area contributed by atoms with Gasteiger partial charge >= 0.3 is 0 Å². The van der Waals surface area contributed by atoms with Crippen LogP contribution in [0.3, 0.4) is 0 Å². The van der Waals surface area contributed by atoms with Gasteiger partial charge < -0.3 is 19.9 Å². The number of thiazole rings is 1. The molecule has 2 aromatic heterocycles. The highest BCUT2D eigenvalue weighted by Crippen LogP contribution is 2.25. The highest BCUT2D eigenvalue weighted by atomic mass is 32.1. The highest BCUT2D eigenvalue weighted by molar-refractivity contribution is 7.22. The maximum absolute atomic E-state index is 12.5. The van der Waals surface area contributed by atoms with Gasteiger partial charge in [-0.3, -0.25) is 4.79 Å². The molecule has 2 heterocycles. The van der Waals surface area contributed by atoms with Crippen LogP contribution in [0.5, 0.6) is 0 Å². The molecule has 1 amide bonds. The Bertz CT molecular complexity index is 1110. The van der Waals surface area contributed by atoms with E-state index in [4.69, 9.17) is 4.74 Å². The molecule has 3 rings (SSSR count). The Balaban J connectivity index is 1.60. The minimum absolute atomic E-state index is 0.0830. The molecular formula is C23H27N5O2S. The monoisotopic (exact) mass is 437 g/mol. The van der Waals surface area contributed by atoms with Crippen LogP contribution in [-0.2, 0) is 9.53 Å². The van der Waals surface area contributed by atoms with Crippen molar-refractivity contribution in [3.05, 3.63) is 52.9 Å². The number of aromatic nitrogens is 2. The third kappa shape index (κ3) is 5.32. The van der Waals surface area contributed by atoms with Crippen molar-refractivity contribution in [2.75, 3.05) is 32.1 Å². The molecule has 2 N–H and O–H groups in total. The van der Waals surface area contributed by atoms with Gasteiger partial charge in [-0.05, 0) is 50.6 Å². The van der Waals surface area contributed by atoms with Crippen molar-refractivity contribution in [1.82, 2.24) is 14.9 Å². The molecule has 0 saturated heterocycles. The molecule has 1 aromatic carbocycles. The summed E-state index contributed by atoms with van der Waals surface area (Å²) in [7, 11) is 1.68. The van der Waals surface area contributed by atoms with Crippen molar-refractivity contribution in [2.45, 2.75) is 26.8 Å². The third-order valence-corrected chi connectivity index (χ3v) is 6.01. The summed E-state index contributed by atoms with van der Waals surface area (Å²) in [5.74, 6) is -0.386. The summed E-state index contributed by atoms with van der Waals surface area (Å²) in [6.45, 7) is 7.57. The molecule has 0 radical (unpaired) electrons. The van der Waals surface area contributed by atoms with E-state index in [2.05, 4.69) is 27.1 Å². The molecule has 8 heteroatoms. The van der Waals surface area contributed by atoms with E-state index in [1.54, 1.807) is 24.5 Å². The van der Waals surface area contributed by atoms with Crippen molar-refractivity contribution in [1.29, 1.82) is 5.26 Å². The zero-order chi connectivity index (χ0) is 22.4. The number of aryl methyl sites for hydroxylation is 1. The van der Waals surface area contributed by atoms with Crippen LogP contribution in [0.4, 0.5) is 5.13 Å². The van der Waals surface area contributed by atoms with Crippen LogP contribution >= 0.6 is 11.3 Å². The number of nitrogens with zero attached hydrogens (tertiary/aromatic N) is 3. The molecule has 0 aliphatic rings. The standard InChI is InChI=1S/C23H27N5O2S/c1-15-11-18(17(3)28(15)16(2)14-30-4)12-19(13-24)22(29)25-9-10-26-23-27-20-7-5-6-8-21(20)31-23/h5-8,11-12,16H,9-10,14H2,1-4H3,(H,25,29)(H,26,27)/b19-12+/t16-/m1/s1. The Morgan fingerprint density at radius 2 is 2.13 bits per heavy atom. The van der Waals surface area contributed by atoms with Gasteiger partial charge in [0.25, 0.3) is 5.91 Å². The molecule has 7 nitrogen and oxygen atoms in total. The number of hydrogen-bond donors (Lipinski definition) is 2. The van der Waals surface area contributed by atoms with Gasteiger partial charge in [0.1, 0.15) is 11.6 Å². The van der Waals surface area contributed by atoms with Crippen molar-refractivity contribution < 1.29 is 9.53 Å². The average molecular weight is 438 g/mol. The number of benzene rings is 1. The number of amides is 1.